The summed E-state index contributed by atoms with van der Waals surface area (Å²) in [5.41, 5.74) is 0. The molecule has 1 aromatic rings. The molecule has 0 aliphatic heterocycles. The fourth-order valence-corrected chi connectivity index (χ4v) is 1.30. The molecular formula is C12H22NO3S+. The van der Waals surface area contributed by atoms with Crippen LogP contribution in [0.4, 0.5) is 0 Å². The van der Waals surface area contributed by atoms with Gasteiger partial charge in [0, 0.05) is 18.6 Å². The van der Waals surface area contributed by atoms with E-state index in [-0.39, 0.29) is 0 Å². The highest BCUT2D eigenvalue weighted by Crippen LogP contribution is 1.97. The SMILES string of the molecule is CCCCCC[n+]1ccccc1.CS(=O)(=O)O. The first kappa shape index (κ1) is 16.1. The van der Waals surface area contributed by atoms with Crippen LogP contribution in [0.1, 0.15) is 32.6 Å². The zero-order valence-corrected chi connectivity index (χ0v) is 11.4. The van der Waals surface area contributed by atoms with Crippen LogP contribution in [0, 0.1) is 0 Å². The Morgan fingerprint density at radius 1 is 1.06 bits per heavy atom. The van der Waals surface area contributed by atoms with Gasteiger partial charge in [-0.05, 0) is 6.42 Å². The molecule has 1 aromatic heterocycles. The van der Waals surface area contributed by atoms with E-state index in [1.165, 1.54) is 32.2 Å². The highest BCUT2D eigenvalue weighted by Gasteiger charge is 1.95. The predicted molar refractivity (Wildman–Crippen MR) is 68.3 cm³/mol. The number of nitrogens with zero attached hydrogens (tertiary/aromatic N) is 1. The molecule has 0 bridgehead atoms. The normalized spacial score (nSPS) is 10.5. The Hall–Kier alpha value is -0.940. The van der Waals surface area contributed by atoms with Crippen molar-refractivity contribution in [2.45, 2.75) is 39.2 Å². The number of aromatic nitrogens is 1. The largest absolute Gasteiger partial charge is 0.286 e. The molecule has 0 aliphatic rings. The lowest BCUT2D eigenvalue weighted by Gasteiger charge is -1.95. The van der Waals surface area contributed by atoms with E-state index in [0.29, 0.717) is 6.26 Å². The van der Waals surface area contributed by atoms with Crippen LogP contribution in [-0.2, 0) is 16.7 Å². The number of rotatable bonds is 5. The topological polar surface area (TPSA) is 58.2 Å². The van der Waals surface area contributed by atoms with Crippen LogP contribution in [0.2, 0.25) is 0 Å². The molecule has 98 valence electrons. The van der Waals surface area contributed by atoms with E-state index in [4.69, 9.17) is 4.55 Å². The molecule has 4 nitrogen and oxygen atoms in total. The number of hydrogen-bond donors (Lipinski definition) is 1. The Labute approximate surface area is 104 Å². The van der Waals surface area contributed by atoms with Crippen LogP contribution in [0.5, 0.6) is 0 Å². The smallest absolute Gasteiger partial charge is 0.261 e. The molecule has 17 heavy (non-hydrogen) atoms. The third-order valence-corrected chi connectivity index (χ3v) is 2.05. The highest BCUT2D eigenvalue weighted by atomic mass is 32.2. The maximum atomic E-state index is 9.19. The molecule has 0 aromatic carbocycles. The first-order valence-corrected chi connectivity index (χ1v) is 7.65. The molecule has 0 amide bonds. The molecule has 0 saturated heterocycles. The van der Waals surface area contributed by atoms with E-state index in [9.17, 15) is 8.42 Å². The second-order valence-corrected chi connectivity index (χ2v) is 5.37. The molecular weight excluding hydrogens is 238 g/mol. The minimum atomic E-state index is -3.67. The lowest BCUT2D eigenvalue weighted by atomic mass is 10.2. The molecule has 1 heterocycles. The fraction of sp³-hybridized carbons (Fsp3) is 0.583. The number of pyridine rings is 1. The minimum absolute atomic E-state index is 0.715. The van der Waals surface area contributed by atoms with Gasteiger partial charge in [0.25, 0.3) is 10.1 Å². The zero-order chi connectivity index (χ0) is 13.1. The average molecular weight is 260 g/mol. The third-order valence-electron chi connectivity index (χ3n) is 2.05. The van der Waals surface area contributed by atoms with Crippen molar-refractivity contribution in [2.24, 2.45) is 0 Å². The van der Waals surface area contributed by atoms with Crippen LogP contribution in [0.3, 0.4) is 0 Å². The first-order valence-electron chi connectivity index (χ1n) is 5.80. The van der Waals surface area contributed by atoms with Crippen molar-refractivity contribution in [1.82, 2.24) is 0 Å². The summed E-state index contributed by atoms with van der Waals surface area (Å²) in [6.07, 6.45) is 10.3. The molecule has 5 heteroatoms. The average Bonchev–Trinajstić information content (AvgIpc) is 2.24. The van der Waals surface area contributed by atoms with Crippen LogP contribution in [0.25, 0.3) is 0 Å². The summed E-state index contributed by atoms with van der Waals surface area (Å²) in [6, 6.07) is 6.22. The van der Waals surface area contributed by atoms with Crippen molar-refractivity contribution in [2.75, 3.05) is 6.26 Å². The van der Waals surface area contributed by atoms with E-state index in [1.54, 1.807) is 0 Å². The molecule has 0 fully saturated rings. The number of aryl methyl sites for hydroxylation is 1. The van der Waals surface area contributed by atoms with Crippen molar-refractivity contribution in [3.8, 4) is 0 Å². The first-order chi connectivity index (χ1) is 7.93. The van der Waals surface area contributed by atoms with E-state index in [1.807, 2.05) is 0 Å². The Balaban J connectivity index is 0.000000437. The standard InChI is InChI=1S/C11H18N.CH4O3S/c1-2-3-4-6-9-12-10-7-5-8-11-12;1-5(2,3)4/h5,7-8,10-11H,2-4,6,9H2,1H3;1H3,(H,2,3,4)/q+1;. The van der Waals surface area contributed by atoms with E-state index in [0.717, 1.165) is 0 Å². The summed E-state index contributed by atoms with van der Waals surface area (Å²) < 4.78 is 28.1. The fourth-order valence-electron chi connectivity index (χ4n) is 1.30. The van der Waals surface area contributed by atoms with E-state index < -0.39 is 10.1 Å². The molecule has 0 saturated carbocycles. The van der Waals surface area contributed by atoms with Crippen molar-refractivity contribution in [1.29, 1.82) is 0 Å². The van der Waals surface area contributed by atoms with Crippen molar-refractivity contribution < 1.29 is 17.5 Å². The van der Waals surface area contributed by atoms with Crippen molar-refractivity contribution in [3.63, 3.8) is 0 Å². The van der Waals surface area contributed by atoms with Gasteiger partial charge in [0.2, 0.25) is 0 Å². The third kappa shape index (κ3) is 15.1. The molecule has 0 spiro atoms. The molecule has 0 aliphatic carbocycles. The maximum Gasteiger partial charge on any atom is 0.261 e. The highest BCUT2D eigenvalue weighted by molar-refractivity contribution is 7.85. The number of unbranched alkanes of at least 4 members (excludes halogenated alkanes) is 3. The Kier molecular flexibility index (Phi) is 8.62. The van der Waals surface area contributed by atoms with Gasteiger partial charge in [-0.2, -0.15) is 8.42 Å². The van der Waals surface area contributed by atoms with Gasteiger partial charge < -0.3 is 0 Å². The molecule has 0 unspecified atom stereocenters. The van der Waals surface area contributed by atoms with E-state index in [2.05, 4.69) is 42.1 Å². The van der Waals surface area contributed by atoms with Crippen LogP contribution < -0.4 is 4.57 Å². The summed E-state index contributed by atoms with van der Waals surface area (Å²) in [7, 11) is -3.67. The van der Waals surface area contributed by atoms with Gasteiger partial charge in [-0.15, -0.1) is 0 Å². The summed E-state index contributed by atoms with van der Waals surface area (Å²) in [5.74, 6) is 0. The molecule has 0 atom stereocenters. The number of hydrogen-bond acceptors (Lipinski definition) is 2. The summed E-state index contributed by atoms with van der Waals surface area (Å²) in [5, 5.41) is 0. The van der Waals surface area contributed by atoms with Crippen LogP contribution >= 0.6 is 0 Å². The quantitative estimate of drug-likeness (QED) is 0.501. The molecule has 1 rings (SSSR count). The zero-order valence-electron chi connectivity index (χ0n) is 10.5. The van der Waals surface area contributed by atoms with Gasteiger partial charge in [-0.25, -0.2) is 4.57 Å². The summed E-state index contributed by atoms with van der Waals surface area (Å²) in [6.45, 7) is 3.41. The Bertz CT molecular complexity index is 368. The van der Waals surface area contributed by atoms with Crippen molar-refractivity contribution in [3.05, 3.63) is 30.6 Å². The lowest BCUT2D eigenvalue weighted by Crippen LogP contribution is -2.32. The lowest BCUT2D eigenvalue weighted by molar-refractivity contribution is -0.697. The summed E-state index contributed by atoms with van der Waals surface area (Å²) >= 11 is 0. The van der Waals surface area contributed by atoms with Gasteiger partial charge in [-0.1, -0.05) is 25.8 Å². The Morgan fingerprint density at radius 3 is 2.06 bits per heavy atom. The van der Waals surface area contributed by atoms with Gasteiger partial charge >= 0.3 is 0 Å². The van der Waals surface area contributed by atoms with E-state index >= 15 is 0 Å². The van der Waals surface area contributed by atoms with Gasteiger partial charge in [-0.3, -0.25) is 4.55 Å². The van der Waals surface area contributed by atoms with Crippen molar-refractivity contribution >= 4 is 10.1 Å². The van der Waals surface area contributed by atoms with Gasteiger partial charge in [0.1, 0.15) is 6.54 Å². The monoisotopic (exact) mass is 260 g/mol. The molecule has 0 radical (unpaired) electrons. The molecule has 1 N–H and O–H groups in total. The second-order valence-electron chi connectivity index (χ2n) is 3.91. The minimum Gasteiger partial charge on any atom is -0.286 e. The maximum absolute atomic E-state index is 9.19. The predicted octanol–water partition coefficient (Wildman–Crippen LogP) is 2.06. The Morgan fingerprint density at radius 2 is 1.59 bits per heavy atom. The van der Waals surface area contributed by atoms with Crippen LogP contribution in [-0.4, -0.2) is 19.2 Å². The summed E-state index contributed by atoms with van der Waals surface area (Å²) in [4.78, 5) is 0. The van der Waals surface area contributed by atoms with Gasteiger partial charge in [0.15, 0.2) is 12.4 Å². The van der Waals surface area contributed by atoms with Gasteiger partial charge in [0.05, 0.1) is 6.26 Å². The van der Waals surface area contributed by atoms with Crippen LogP contribution in [0.15, 0.2) is 30.6 Å². The second kappa shape index (κ2) is 9.13.